The lowest BCUT2D eigenvalue weighted by molar-refractivity contribution is -0.134. The highest BCUT2D eigenvalue weighted by Crippen LogP contribution is 2.19. The first kappa shape index (κ1) is 52.8. The summed E-state index contributed by atoms with van der Waals surface area (Å²) >= 11 is 0. The number of nitrogens with zero attached hydrogens (tertiary/aromatic N) is 11. The van der Waals surface area contributed by atoms with Crippen molar-refractivity contribution in [2.24, 2.45) is 14.1 Å². The molecule has 8 heterocycles. The number of nitrogens with one attached hydrogen (secondary N) is 4. The van der Waals surface area contributed by atoms with Gasteiger partial charge in [0.25, 0.3) is 23.6 Å². The van der Waals surface area contributed by atoms with Gasteiger partial charge in [-0.25, -0.2) is 28.6 Å². The molecule has 4 N–H and O–H groups in total. The second-order valence-electron chi connectivity index (χ2n) is 19.4. The summed E-state index contributed by atoms with van der Waals surface area (Å²) in [5.41, 5.74) is 4.52. The number of carbonyl (C=O) groups is 6. The van der Waals surface area contributed by atoms with Crippen molar-refractivity contribution in [3.8, 4) is 0 Å². The number of fused-ring (bicyclic) bond motifs is 4. The van der Waals surface area contributed by atoms with E-state index in [1.54, 1.807) is 86.3 Å². The number of piperidine rings is 2. The van der Waals surface area contributed by atoms with Crippen LogP contribution in [0.4, 0.5) is 0 Å². The third-order valence-electron chi connectivity index (χ3n) is 13.9. The highest BCUT2D eigenvalue weighted by molar-refractivity contribution is 6.01. The van der Waals surface area contributed by atoms with Gasteiger partial charge in [-0.15, -0.1) is 0 Å². The summed E-state index contributed by atoms with van der Waals surface area (Å²) in [6.07, 6.45) is 7.73. The fourth-order valence-corrected chi connectivity index (χ4v) is 9.42. The van der Waals surface area contributed by atoms with Crippen LogP contribution < -0.4 is 32.8 Å². The summed E-state index contributed by atoms with van der Waals surface area (Å²) < 4.78 is 15.7. The van der Waals surface area contributed by atoms with Gasteiger partial charge in [-0.3, -0.25) is 37.9 Å². The minimum Gasteiger partial charge on any atom is -0.408 e. The Morgan fingerprint density at radius 2 is 1.03 bits per heavy atom. The number of amides is 6. The summed E-state index contributed by atoms with van der Waals surface area (Å²) in [4.78, 5) is 116. The monoisotopic (exact) mass is 1050 g/mol. The van der Waals surface area contributed by atoms with Crippen molar-refractivity contribution in [2.45, 2.75) is 77.2 Å². The number of carbonyl (C=O) groups excluding carboxylic acids is 6. The number of aromatic nitrogens is 8. The van der Waals surface area contributed by atoms with Crippen LogP contribution in [0.5, 0.6) is 0 Å². The normalized spacial score (nSPS) is 14.8. The van der Waals surface area contributed by atoms with Crippen LogP contribution in [0.3, 0.4) is 0 Å². The Labute approximate surface area is 439 Å². The molecule has 8 aromatic rings. The Morgan fingerprint density at radius 1 is 0.597 bits per heavy atom. The van der Waals surface area contributed by atoms with Gasteiger partial charge in [0.05, 0.1) is 23.4 Å². The first-order valence-electron chi connectivity index (χ1n) is 25.2. The van der Waals surface area contributed by atoms with Crippen LogP contribution in [0.1, 0.15) is 99.0 Å². The molecular weight excluding hydrogens is 995 g/mol. The van der Waals surface area contributed by atoms with E-state index in [0.717, 1.165) is 43.2 Å². The number of hydrogen-bond acceptors (Lipinski definition) is 15. The lowest BCUT2D eigenvalue weighted by Gasteiger charge is -2.36. The average Bonchev–Trinajstić information content (AvgIpc) is 4.25. The first-order chi connectivity index (χ1) is 36.9. The van der Waals surface area contributed by atoms with E-state index in [1.807, 2.05) is 14.1 Å². The SMILES string of the molecule is C[C@H](NC(=O)c1cc(C(=O)NCc2ccc3oc(=O)n(C)c3c2)nc2ccnn12)C(=O)N1CCC(N(C)C)CC1.C[C@H](NC(=O)c1cc(C(=O)NCc2ccc3oc(=O)n(C)c3c2)nc2ccnn12)C(=O)N1CCCCC1. The van der Waals surface area contributed by atoms with Gasteiger partial charge in [0.15, 0.2) is 22.5 Å². The van der Waals surface area contributed by atoms with Crippen LogP contribution in [0.2, 0.25) is 0 Å². The first-order valence-corrected chi connectivity index (χ1v) is 25.2. The van der Waals surface area contributed by atoms with Crippen molar-refractivity contribution in [1.29, 1.82) is 0 Å². The average molecular weight is 1050 g/mol. The van der Waals surface area contributed by atoms with E-state index >= 15 is 0 Å². The number of hydrogen-bond donors (Lipinski definition) is 4. The van der Waals surface area contributed by atoms with Crippen LogP contribution in [-0.2, 0) is 36.8 Å². The van der Waals surface area contributed by atoms with Crippen LogP contribution in [0.25, 0.3) is 33.5 Å². The van der Waals surface area contributed by atoms with E-state index < -0.39 is 47.2 Å². The van der Waals surface area contributed by atoms with Crippen molar-refractivity contribution < 1.29 is 37.6 Å². The molecule has 2 aliphatic rings. The Kier molecular flexibility index (Phi) is 15.4. The summed E-state index contributed by atoms with van der Waals surface area (Å²) in [5, 5.41) is 19.4. The van der Waals surface area contributed by atoms with Gasteiger partial charge >= 0.3 is 11.5 Å². The minimum atomic E-state index is -0.756. The molecule has 2 aromatic carbocycles. The van der Waals surface area contributed by atoms with Gasteiger partial charge in [0.2, 0.25) is 11.8 Å². The van der Waals surface area contributed by atoms with E-state index in [0.29, 0.717) is 65.7 Å². The molecular formula is C52H59N15O10. The number of benzene rings is 2. The summed E-state index contributed by atoms with van der Waals surface area (Å²) in [6.45, 7) is 6.28. The van der Waals surface area contributed by atoms with E-state index in [4.69, 9.17) is 8.83 Å². The molecule has 0 saturated carbocycles. The van der Waals surface area contributed by atoms with Crippen molar-refractivity contribution >= 4 is 68.9 Å². The van der Waals surface area contributed by atoms with Crippen molar-refractivity contribution in [3.05, 3.63) is 128 Å². The summed E-state index contributed by atoms with van der Waals surface area (Å²) in [5.74, 6) is -3.28. The molecule has 2 saturated heterocycles. The molecule has 6 aromatic heterocycles. The fourth-order valence-electron chi connectivity index (χ4n) is 9.42. The summed E-state index contributed by atoms with van der Waals surface area (Å²) in [6, 6.07) is 15.2. The molecule has 25 nitrogen and oxygen atoms in total. The van der Waals surface area contributed by atoms with Crippen molar-refractivity contribution in [3.63, 3.8) is 0 Å². The lowest BCUT2D eigenvalue weighted by Crippen LogP contribution is -2.51. The molecule has 0 radical (unpaired) electrons. The number of aryl methyl sites for hydroxylation is 2. The second kappa shape index (κ2) is 22.5. The highest BCUT2D eigenvalue weighted by Gasteiger charge is 2.30. The van der Waals surface area contributed by atoms with Gasteiger partial charge in [0.1, 0.15) is 34.9 Å². The quantitative estimate of drug-likeness (QED) is 0.129. The standard InChI is InChI=1S/C27H32N8O5.C25H27N7O5/c1-16(26(38)34-11-8-18(9-12-34)32(2)3)30-25(37)21-14-19(31-23-7-10-29-35(21)23)24(36)28-15-17-5-6-22-20(13-17)33(4)27(39)40-22;1-15(24(35)31-10-4-3-5-11-31)28-23(34)19-13-17(29-21-8-9-27-32(19)21)22(33)26-14-16-6-7-20-18(12-16)30(2)25(36)37-20/h5-7,10,13-14,16,18H,8-9,11-12,15H2,1-4H3,(H,28,36)(H,30,37);6-9,12-13,15H,3-5,10-11,14H2,1-2H3,(H,26,33)(H,28,34)/t16-;15-/m00/s1. The highest BCUT2D eigenvalue weighted by atomic mass is 16.4. The summed E-state index contributed by atoms with van der Waals surface area (Å²) in [7, 11) is 7.28. The zero-order valence-corrected chi connectivity index (χ0v) is 43.4. The second-order valence-corrected chi connectivity index (χ2v) is 19.4. The Hall–Kier alpha value is -9.00. The Morgan fingerprint density at radius 3 is 1.45 bits per heavy atom. The number of oxazole rings is 2. The molecule has 0 bridgehead atoms. The molecule has 0 aliphatic carbocycles. The topological polar surface area (TPSA) is 291 Å². The van der Waals surface area contributed by atoms with Gasteiger partial charge in [0, 0.05) is 83.7 Å². The number of rotatable bonds is 13. The fraction of sp³-hybridized carbons (Fsp3) is 0.385. The third kappa shape index (κ3) is 11.5. The molecule has 10 rings (SSSR count). The zero-order valence-electron chi connectivity index (χ0n) is 43.4. The molecule has 2 atom stereocenters. The van der Waals surface area contributed by atoms with E-state index in [-0.39, 0.29) is 47.7 Å². The third-order valence-corrected chi connectivity index (χ3v) is 13.9. The van der Waals surface area contributed by atoms with Gasteiger partial charge in [-0.05, 0) is 95.4 Å². The molecule has 2 aliphatic heterocycles. The molecule has 25 heteroatoms. The van der Waals surface area contributed by atoms with Gasteiger partial charge in [-0.2, -0.15) is 10.2 Å². The molecule has 77 heavy (non-hydrogen) atoms. The smallest absolute Gasteiger partial charge is 0.408 e. The Bertz CT molecular complexity index is 3680. The predicted octanol–water partition coefficient (Wildman–Crippen LogP) is 2.01. The zero-order chi connectivity index (χ0) is 54.7. The van der Waals surface area contributed by atoms with Crippen LogP contribution in [0.15, 0.2) is 91.5 Å². The largest absolute Gasteiger partial charge is 0.419 e. The van der Waals surface area contributed by atoms with Crippen molar-refractivity contribution in [2.75, 3.05) is 40.3 Å². The number of likely N-dealkylation sites (tertiary alicyclic amines) is 2. The maximum atomic E-state index is 13.3. The molecule has 6 amide bonds. The van der Waals surface area contributed by atoms with Crippen LogP contribution in [-0.4, -0.2) is 147 Å². The molecule has 0 unspecified atom stereocenters. The Balaban J connectivity index is 0.000000188. The van der Waals surface area contributed by atoms with Gasteiger partial charge in [-0.1, -0.05) is 12.1 Å². The van der Waals surface area contributed by atoms with Crippen LogP contribution in [0, 0.1) is 0 Å². The van der Waals surface area contributed by atoms with E-state index in [1.165, 1.54) is 42.7 Å². The van der Waals surface area contributed by atoms with E-state index in [9.17, 15) is 38.4 Å². The lowest BCUT2D eigenvalue weighted by atomic mass is 10.0. The predicted molar refractivity (Wildman–Crippen MR) is 279 cm³/mol. The van der Waals surface area contributed by atoms with E-state index in [2.05, 4.69) is 46.3 Å². The van der Waals surface area contributed by atoms with Crippen LogP contribution >= 0.6 is 0 Å². The maximum absolute atomic E-state index is 13.3. The van der Waals surface area contributed by atoms with Gasteiger partial charge < -0.3 is 44.8 Å². The molecule has 0 spiro atoms. The minimum absolute atomic E-state index is 0.0275. The molecule has 2 fully saturated rings. The maximum Gasteiger partial charge on any atom is 0.419 e. The van der Waals surface area contributed by atoms with Crippen molar-refractivity contribution in [1.82, 2.24) is 74.3 Å². The molecule has 402 valence electrons.